The lowest BCUT2D eigenvalue weighted by Crippen LogP contribution is -2.40. The van der Waals surface area contributed by atoms with E-state index in [0.717, 1.165) is 10.0 Å². The lowest BCUT2D eigenvalue weighted by atomic mass is 10.1. The third-order valence-electron chi connectivity index (χ3n) is 3.59. The summed E-state index contributed by atoms with van der Waals surface area (Å²) in [6.07, 6.45) is 1.08. The number of halogens is 1. The van der Waals surface area contributed by atoms with Crippen LogP contribution in [0.25, 0.3) is 0 Å². The molecule has 0 aromatic heterocycles. The summed E-state index contributed by atoms with van der Waals surface area (Å²) in [5, 5.41) is 8.87. The van der Waals surface area contributed by atoms with Crippen LogP contribution in [0.1, 0.15) is 18.1 Å². The predicted octanol–water partition coefficient (Wildman–Crippen LogP) is 4.30. The van der Waals surface area contributed by atoms with Crippen LogP contribution in [-0.4, -0.2) is 23.5 Å². The number of hydrogen-bond donors (Lipinski definition) is 0. The Morgan fingerprint density at radius 1 is 1.28 bits per heavy atom. The fourth-order valence-electron chi connectivity index (χ4n) is 2.32. The number of nitriles is 1. The van der Waals surface area contributed by atoms with Crippen LogP contribution in [-0.2, 0) is 11.3 Å². The SMILES string of the molecule is C=CCN(Cc1ccc(C#N)cc1)C(=O)C(C)Oc1ccc(Br)cc1. The van der Waals surface area contributed by atoms with Gasteiger partial charge in [0.1, 0.15) is 5.75 Å². The van der Waals surface area contributed by atoms with E-state index in [9.17, 15) is 4.79 Å². The molecule has 0 fully saturated rings. The highest BCUT2D eigenvalue weighted by Gasteiger charge is 2.21. The molecule has 4 nitrogen and oxygen atoms in total. The molecule has 25 heavy (non-hydrogen) atoms. The minimum Gasteiger partial charge on any atom is -0.481 e. The van der Waals surface area contributed by atoms with Crippen molar-refractivity contribution in [1.29, 1.82) is 5.26 Å². The van der Waals surface area contributed by atoms with Gasteiger partial charge >= 0.3 is 0 Å². The molecule has 128 valence electrons. The molecule has 1 atom stereocenters. The Kier molecular flexibility index (Phi) is 6.79. The van der Waals surface area contributed by atoms with E-state index in [0.29, 0.717) is 24.4 Å². The zero-order valence-corrected chi connectivity index (χ0v) is 15.6. The Balaban J connectivity index is 2.06. The fourth-order valence-corrected chi connectivity index (χ4v) is 2.58. The molecular formula is C20H19BrN2O2. The summed E-state index contributed by atoms with van der Waals surface area (Å²) < 4.78 is 6.70. The van der Waals surface area contributed by atoms with Gasteiger partial charge in [0.25, 0.3) is 5.91 Å². The highest BCUT2D eigenvalue weighted by molar-refractivity contribution is 9.10. The Bertz CT molecular complexity index is 764. The van der Waals surface area contributed by atoms with Crippen molar-refractivity contribution >= 4 is 21.8 Å². The van der Waals surface area contributed by atoms with Gasteiger partial charge in [0.05, 0.1) is 11.6 Å². The summed E-state index contributed by atoms with van der Waals surface area (Å²) in [7, 11) is 0. The van der Waals surface area contributed by atoms with Crippen molar-refractivity contribution in [1.82, 2.24) is 4.90 Å². The van der Waals surface area contributed by atoms with Crippen molar-refractivity contribution in [2.75, 3.05) is 6.54 Å². The van der Waals surface area contributed by atoms with Gasteiger partial charge in [0.2, 0.25) is 0 Å². The molecule has 1 amide bonds. The van der Waals surface area contributed by atoms with Crippen molar-refractivity contribution in [3.63, 3.8) is 0 Å². The second kappa shape index (κ2) is 9.05. The lowest BCUT2D eigenvalue weighted by molar-refractivity contribution is -0.138. The molecule has 2 aromatic rings. The molecule has 0 bridgehead atoms. The van der Waals surface area contributed by atoms with E-state index >= 15 is 0 Å². The quantitative estimate of drug-likeness (QED) is 0.653. The first-order valence-corrected chi connectivity index (χ1v) is 8.63. The molecule has 0 saturated carbocycles. The number of benzene rings is 2. The summed E-state index contributed by atoms with van der Waals surface area (Å²) >= 11 is 3.37. The van der Waals surface area contributed by atoms with E-state index < -0.39 is 6.10 Å². The standard InChI is InChI=1S/C20H19BrN2O2/c1-3-12-23(14-17-6-4-16(13-22)5-7-17)20(24)15(2)25-19-10-8-18(21)9-11-19/h3-11,15H,1,12,14H2,2H3. The van der Waals surface area contributed by atoms with Crippen molar-refractivity contribution in [2.45, 2.75) is 19.6 Å². The summed E-state index contributed by atoms with van der Waals surface area (Å²) in [5.41, 5.74) is 1.54. The molecule has 0 aliphatic rings. The van der Waals surface area contributed by atoms with Crippen LogP contribution in [0, 0.1) is 11.3 Å². The van der Waals surface area contributed by atoms with E-state index in [1.165, 1.54) is 0 Å². The predicted molar refractivity (Wildman–Crippen MR) is 101 cm³/mol. The largest absolute Gasteiger partial charge is 0.481 e. The van der Waals surface area contributed by atoms with E-state index in [2.05, 4.69) is 28.6 Å². The molecule has 0 radical (unpaired) electrons. The summed E-state index contributed by atoms with van der Waals surface area (Å²) in [6.45, 7) is 6.32. The number of ether oxygens (including phenoxy) is 1. The normalized spacial score (nSPS) is 11.2. The van der Waals surface area contributed by atoms with Gasteiger partial charge < -0.3 is 9.64 Å². The smallest absolute Gasteiger partial charge is 0.263 e. The third-order valence-corrected chi connectivity index (χ3v) is 4.12. The molecule has 1 unspecified atom stereocenters. The topological polar surface area (TPSA) is 53.3 Å². The van der Waals surface area contributed by atoms with Gasteiger partial charge in [-0.05, 0) is 48.9 Å². The molecule has 0 heterocycles. The second-order valence-corrected chi connectivity index (χ2v) is 6.45. The molecule has 2 aromatic carbocycles. The number of carbonyl (C=O) groups excluding carboxylic acids is 1. The van der Waals surface area contributed by atoms with Gasteiger partial charge in [-0.2, -0.15) is 5.26 Å². The summed E-state index contributed by atoms with van der Waals surface area (Å²) in [5.74, 6) is 0.521. The number of rotatable bonds is 7. The zero-order valence-electron chi connectivity index (χ0n) is 14.0. The molecule has 5 heteroatoms. The number of nitrogens with zero attached hydrogens (tertiary/aromatic N) is 2. The van der Waals surface area contributed by atoms with Crippen LogP contribution in [0.2, 0.25) is 0 Å². The van der Waals surface area contributed by atoms with Crippen LogP contribution in [0.4, 0.5) is 0 Å². The molecule has 0 saturated heterocycles. The molecule has 0 aliphatic carbocycles. The Morgan fingerprint density at radius 2 is 1.92 bits per heavy atom. The van der Waals surface area contributed by atoms with Gasteiger partial charge in [-0.1, -0.05) is 34.1 Å². The second-order valence-electron chi connectivity index (χ2n) is 5.53. The average Bonchev–Trinajstić information content (AvgIpc) is 2.63. The van der Waals surface area contributed by atoms with E-state index in [1.807, 2.05) is 36.4 Å². The molecule has 0 spiro atoms. The maximum Gasteiger partial charge on any atom is 0.263 e. The van der Waals surface area contributed by atoms with Crippen LogP contribution in [0.5, 0.6) is 5.75 Å². The van der Waals surface area contributed by atoms with Gasteiger partial charge in [-0.25, -0.2) is 0 Å². The van der Waals surface area contributed by atoms with Crippen molar-refractivity contribution < 1.29 is 9.53 Å². The van der Waals surface area contributed by atoms with Crippen molar-refractivity contribution in [3.8, 4) is 11.8 Å². The number of amides is 1. The van der Waals surface area contributed by atoms with Gasteiger partial charge in [0, 0.05) is 17.6 Å². The highest BCUT2D eigenvalue weighted by atomic mass is 79.9. The Hall–Kier alpha value is -2.58. The highest BCUT2D eigenvalue weighted by Crippen LogP contribution is 2.18. The van der Waals surface area contributed by atoms with Crippen LogP contribution >= 0.6 is 15.9 Å². The minimum atomic E-state index is -0.612. The maximum absolute atomic E-state index is 12.7. The van der Waals surface area contributed by atoms with Crippen LogP contribution < -0.4 is 4.74 Å². The van der Waals surface area contributed by atoms with Gasteiger partial charge in [-0.15, -0.1) is 6.58 Å². The monoisotopic (exact) mass is 398 g/mol. The summed E-state index contributed by atoms with van der Waals surface area (Å²) in [4.78, 5) is 14.4. The molecule has 2 rings (SSSR count). The Labute approximate surface area is 156 Å². The van der Waals surface area contributed by atoms with Gasteiger partial charge in [-0.3, -0.25) is 4.79 Å². The fraction of sp³-hybridized carbons (Fsp3) is 0.200. The van der Waals surface area contributed by atoms with Crippen LogP contribution in [0.15, 0.2) is 65.7 Å². The first-order valence-electron chi connectivity index (χ1n) is 7.84. The first-order chi connectivity index (χ1) is 12.0. The van der Waals surface area contributed by atoms with Crippen LogP contribution in [0.3, 0.4) is 0 Å². The summed E-state index contributed by atoms with van der Waals surface area (Å²) in [6, 6.07) is 16.6. The maximum atomic E-state index is 12.7. The third kappa shape index (κ3) is 5.47. The lowest BCUT2D eigenvalue weighted by Gasteiger charge is -2.25. The molecule has 0 N–H and O–H groups in total. The minimum absolute atomic E-state index is 0.118. The van der Waals surface area contributed by atoms with Gasteiger partial charge in [0.15, 0.2) is 6.10 Å². The Morgan fingerprint density at radius 3 is 2.48 bits per heavy atom. The molecule has 0 aliphatic heterocycles. The average molecular weight is 399 g/mol. The van der Waals surface area contributed by atoms with E-state index in [4.69, 9.17) is 10.00 Å². The number of hydrogen-bond acceptors (Lipinski definition) is 3. The zero-order chi connectivity index (χ0) is 18.2. The van der Waals surface area contributed by atoms with Crippen molar-refractivity contribution in [2.24, 2.45) is 0 Å². The van der Waals surface area contributed by atoms with Crippen molar-refractivity contribution in [3.05, 3.63) is 76.8 Å². The first kappa shape index (κ1) is 18.8. The van der Waals surface area contributed by atoms with E-state index in [1.54, 1.807) is 30.0 Å². The number of carbonyl (C=O) groups is 1. The molecular weight excluding hydrogens is 380 g/mol. The van der Waals surface area contributed by atoms with E-state index in [-0.39, 0.29) is 5.91 Å².